The van der Waals surface area contributed by atoms with Gasteiger partial charge in [0.15, 0.2) is 6.04 Å². The quantitative estimate of drug-likeness (QED) is 0.504. The lowest BCUT2D eigenvalue weighted by molar-refractivity contribution is -0.146. The summed E-state index contributed by atoms with van der Waals surface area (Å²) in [6.45, 7) is 4.39. The second-order valence-electron chi connectivity index (χ2n) is 6.84. The molecule has 0 aliphatic rings. The molecule has 9 heteroatoms. The van der Waals surface area contributed by atoms with E-state index in [9.17, 15) is 24.6 Å². The number of alkyl carbamates (subject to hydrolysis) is 1. The second-order valence-corrected chi connectivity index (χ2v) is 6.84. The molecule has 1 aromatic rings. The minimum Gasteiger partial charge on any atom is -0.508 e. The van der Waals surface area contributed by atoms with E-state index in [0.717, 1.165) is 7.11 Å². The third-order valence-corrected chi connectivity index (χ3v) is 3.37. The lowest BCUT2D eigenvalue weighted by Crippen LogP contribution is -2.54. The Morgan fingerprint density at radius 1 is 1.07 bits per heavy atom. The molecule has 2 amide bonds. The lowest BCUT2D eigenvalue weighted by atomic mass is 10.0. The Hall–Kier alpha value is -2.81. The molecular formula is C18H26N2O7. The molecule has 0 bridgehead atoms. The molecule has 150 valence electrons. The molecule has 0 saturated heterocycles. The fourth-order valence-electron chi connectivity index (χ4n) is 2.12. The van der Waals surface area contributed by atoms with Crippen molar-refractivity contribution < 1.29 is 34.1 Å². The Balaban J connectivity index is 2.94. The van der Waals surface area contributed by atoms with E-state index in [1.54, 1.807) is 32.9 Å². The number of aliphatic hydroxyl groups is 1. The zero-order valence-corrected chi connectivity index (χ0v) is 15.8. The molecule has 4 N–H and O–H groups in total. The molecule has 0 aromatic heterocycles. The number of aliphatic hydroxyl groups excluding tert-OH is 1. The van der Waals surface area contributed by atoms with Gasteiger partial charge in [0.25, 0.3) is 0 Å². The highest BCUT2D eigenvalue weighted by Crippen LogP contribution is 2.12. The third kappa shape index (κ3) is 7.95. The highest BCUT2D eigenvalue weighted by molar-refractivity contribution is 5.90. The number of phenolic OH excluding ortho intramolecular Hbond substituents is 1. The fourth-order valence-corrected chi connectivity index (χ4v) is 2.12. The number of nitrogens with one attached hydrogen (secondary N) is 2. The SMILES string of the molecule is COC(=O)[C@H](CO)NC(=O)[C@H](Cc1ccc(O)cc1)NC(=O)OC(C)(C)C. The summed E-state index contributed by atoms with van der Waals surface area (Å²) in [5.41, 5.74) is -0.105. The van der Waals surface area contributed by atoms with Crippen molar-refractivity contribution in [2.75, 3.05) is 13.7 Å². The summed E-state index contributed by atoms with van der Waals surface area (Å²) >= 11 is 0. The molecule has 0 fully saturated rings. The van der Waals surface area contributed by atoms with Crippen LogP contribution in [0, 0.1) is 0 Å². The number of rotatable bonds is 7. The number of ether oxygens (including phenoxy) is 2. The maximum atomic E-state index is 12.6. The number of amides is 2. The van der Waals surface area contributed by atoms with E-state index in [1.165, 1.54) is 12.1 Å². The van der Waals surface area contributed by atoms with Crippen LogP contribution in [0.25, 0.3) is 0 Å². The Morgan fingerprint density at radius 3 is 2.15 bits per heavy atom. The van der Waals surface area contributed by atoms with E-state index in [1.807, 2.05) is 0 Å². The maximum Gasteiger partial charge on any atom is 0.408 e. The molecule has 0 spiro atoms. The van der Waals surface area contributed by atoms with E-state index >= 15 is 0 Å². The summed E-state index contributed by atoms with van der Waals surface area (Å²) in [4.78, 5) is 36.2. The van der Waals surface area contributed by atoms with Crippen molar-refractivity contribution in [2.45, 2.75) is 44.9 Å². The monoisotopic (exact) mass is 382 g/mol. The van der Waals surface area contributed by atoms with Gasteiger partial charge in [-0.05, 0) is 38.5 Å². The van der Waals surface area contributed by atoms with Gasteiger partial charge in [-0.2, -0.15) is 0 Å². The fraction of sp³-hybridized carbons (Fsp3) is 0.500. The smallest absolute Gasteiger partial charge is 0.408 e. The van der Waals surface area contributed by atoms with Crippen molar-refractivity contribution in [2.24, 2.45) is 0 Å². The summed E-state index contributed by atoms with van der Waals surface area (Å²) in [5, 5.41) is 23.4. The molecular weight excluding hydrogens is 356 g/mol. The molecule has 0 radical (unpaired) electrons. The lowest BCUT2D eigenvalue weighted by Gasteiger charge is -2.24. The summed E-state index contributed by atoms with van der Waals surface area (Å²) < 4.78 is 9.67. The number of esters is 1. The standard InChI is InChI=1S/C18H26N2O7/c1-18(2,3)27-17(25)20-13(9-11-5-7-12(22)8-6-11)15(23)19-14(10-21)16(24)26-4/h5-8,13-14,21-22H,9-10H2,1-4H3,(H,19,23)(H,20,25)/t13-,14-/m0/s1. The van der Waals surface area contributed by atoms with Crippen LogP contribution >= 0.6 is 0 Å². The van der Waals surface area contributed by atoms with Gasteiger partial charge in [0.1, 0.15) is 17.4 Å². The number of hydrogen-bond donors (Lipinski definition) is 4. The van der Waals surface area contributed by atoms with E-state index in [2.05, 4.69) is 15.4 Å². The van der Waals surface area contributed by atoms with Crippen LogP contribution in [0.2, 0.25) is 0 Å². The molecule has 1 aromatic carbocycles. The van der Waals surface area contributed by atoms with Crippen molar-refractivity contribution in [3.63, 3.8) is 0 Å². The topological polar surface area (TPSA) is 134 Å². The summed E-state index contributed by atoms with van der Waals surface area (Å²) in [5.74, 6) is -1.45. The summed E-state index contributed by atoms with van der Waals surface area (Å²) in [7, 11) is 1.13. The van der Waals surface area contributed by atoms with Crippen LogP contribution in [0.15, 0.2) is 24.3 Å². The number of carbonyl (C=O) groups is 3. The Morgan fingerprint density at radius 2 is 1.67 bits per heavy atom. The van der Waals surface area contributed by atoms with Crippen LogP contribution in [0.1, 0.15) is 26.3 Å². The van der Waals surface area contributed by atoms with Gasteiger partial charge >= 0.3 is 12.1 Å². The van der Waals surface area contributed by atoms with Crippen LogP contribution in [0.4, 0.5) is 4.79 Å². The van der Waals surface area contributed by atoms with Crippen LogP contribution < -0.4 is 10.6 Å². The number of methoxy groups -OCH3 is 1. The second kappa shape index (κ2) is 9.77. The predicted octanol–water partition coefficient (Wildman–Crippen LogP) is 0.478. The van der Waals surface area contributed by atoms with Crippen molar-refractivity contribution in [1.82, 2.24) is 10.6 Å². The molecule has 0 heterocycles. The average Bonchev–Trinajstić information content (AvgIpc) is 2.58. The molecule has 0 unspecified atom stereocenters. The van der Waals surface area contributed by atoms with Gasteiger partial charge < -0.3 is 30.3 Å². The van der Waals surface area contributed by atoms with Gasteiger partial charge in [-0.25, -0.2) is 9.59 Å². The normalized spacial score (nSPS) is 13.2. The van der Waals surface area contributed by atoms with Crippen molar-refractivity contribution in [1.29, 1.82) is 0 Å². The van der Waals surface area contributed by atoms with Crippen molar-refractivity contribution in [3.8, 4) is 5.75 Å². The third-order valence-electron chi connectivity index (χ3n) is 3.37. The van der Waals surface area contributed by atoms with E-state index in [-0.39, 0.29) is 12.2 Å². The highest BCUT2D eigenvalue weighted by Gasteiger charge is 2.28. The average molecular weight is 382 g/mol. The van der Waals surface area contributed by atoms with Crippen molar-refractivity contribution >= 4 is 18.0 Å². The number of benzene rings is 1. The first-order chi connectivity index (χ1) is 12.6. The molecule has 0 saturated carbocycles. The zero-order valence-electron chi connectivity index (χ0n) is 15.8. The maximum absolute atomic E-state index is 12.6. The molecule has 1 rings (SSSR count). The molecule has 27 heavy (non-hydrogen) atoms. The number of hydrogen-bond acceptors (Lipinski definition) is 7. The number of phenols is 1. The van der Waals surface area contributed by atoms with E-state index < -0.39 is 42.3 Å². The first-order valence-electron chi connectivity index (χ1n) is 8.32. The zero-order chi connectivity index (χ0) is 20.6. The van der Waals surface area contributed by atoms with Crippen LogP contribution in [0.3, 0.4) is 0 Å². The minimum absolute atomic E-state index is 0.0610. The Bertz CT molecular complexity index is 653. The molecule has 0 aliphatic heterocycles. The molecule has 9 nitrogen and oxygen atoms in total. The van der Waals surface area contributed by atoms with Gasteiger partial charge in [-0.3, -0.25) is 4.79 Å². The van der Waals surface area contributed by atoms with Crippen LogP contribution in [-0.4, -0.2) is 59.6 Å². The van der Waals surface area contributed by atoms with E-state index in [4.69, 9.17) is 4.74 Å². The number of aromatic hydroxyl groups is 1. The Labute approximate surface area is 157 Å². The van der Waals surface area contributed by atoms with Gasteiger partial charge in [-0.15, -0.1) is 0 Å². The first-order valence-corrected chi connectivity index (χ1v) is 8.32. The summed E-state index contributed by atoms with van der Waals surface area (Å²) in [6, 6.07) is 3.74. The van der Waals surface area contributed by atoms with Crippen LogP contribution in [0.5, 0.6) is 5.75 Å². The predicted molar refractivity (Wildman–Crippen MR) is 96.0 cm³/mol. The van der Waals surface area contributed by atoms with Crippen LogP contribution in [-0.2, 0) is 25.5 Å². The Kier molecular flexibility index (Phi) is 8.04. The minimum atomic E-state index is -1.26. The van der Waals surface area contributed by atoms with Gasteiger partial charge in [0.2, 0.25) is 5.91 Å². The van der Waals surface area contributed by atoms with Crippen molar-refractivity contribution in [3.05, 3.63) is 29.8 Å². The number of carbonyl (C=O) groups excluding carboxylic acids is 3. The van der Waals surface area contributed by atoms with Gasteiger partial charge in [0.05, 0.1) is 13.7 Å². The van der Waals surface area contributed by atoms with Gasteiger partial charge in [-0.1, -0.05) is 12.1 Å². The molecule has 2 atom stereocenters. The highest BCUT2D eigenvalue weighted by atomic mass is 16.6. The summed E-state index contributed by atoms with van der Waals surface area (Å²) in [6.07, 6.45) is -0.731. The van der Waals surface area contributed by atoms with Gasteiger partial charge in [0, 0.05) is 6.42 Å². The first kappa shape index (κ1) is 22.2. The molecule has 0 aliphatic carbocycles. The largest absolute Gasteiger partial charge is 0.508 e. The van der Waals surface area contributed by atoms with E-state index in [0.29, 0.717) is 5.56 Å².